The maximum absolute atomic E-state index is 12.9. The molecule has 3 aliphatic heterocycles. The fourth-order valence-corrected chi connectivity index (χ4v) is 5.04. The number of carbonyl (C=O) groups excluding carboxylic acids is 3. The number of nitrogens with one attached hydrogen (secondary N) is 1. The van der Waals surface area contributed by atoms with Gasteiger partial charge in [-0.05, 0) is 23.6 Å². The fourth-order valence-electron chi connectivity index (χ4n) is 4.69. The van der Waals surface area contributed by atoms with Gasteiger partial charge in [0.1, 0.15) is 11.1 Å². The molecule has 0 spiro atoms. The number of aromatic nitrogens is 2. The van der Waals surface area contributed by atoms with Gasteiger partial charge in [0.25, 0.3) is 5.91 Å². The van der Waals surface area contributed by atoms with Crippen LogP contribution in [0.4, 0.5) is 5.69 Å². The number of benzene rings is 1. The molecule has 0 saturated carbocycles. The molecular formula is C22H22Cl2N6O3. The second-order valence-corrected chi connectivity index (χ2v) is 9.23. The number of anilines is 1. The van der Waals surface area contributed by atoms with Crippen LogP contribution in [-0.2, 0) is 22.7 Å². The number of carbonyl (C=O) groups is 3. The highest BCUT2D eigenvalue weighted by molar-refractivity contribution is 6.42. The largest absolute Gasteiger partial charge is 0.366 e. The molecule has 0 radical (unpaired) electrons. The highest BCUT2D eigenvalue weighted by atomic mass is 35.5. The van der Waals surface area contributed by atoms with Crippen molar-refractivity contribution in [2.45, 2.75) is 32.0 Å². The maximum atomic E-state index is 12.9. The molecule has 2 fully saturated rings. The molecule has 1 aromatic heterocycles. The van der Waals surface area contributed by atoms with Crippen molar-refractivity contribution in [1.29, 1.82) is 0 Å². The zero-order chi connectivity index (χ0) is 23.1. The minimum atomic E-state index is -0.595. The summed E-state index contributed by atoms with van der Waals surface area (Å²) in [6, 6.07) is 5.27. The first-order valence-corrected chi connectivity index (χ1v) is 11.6. The van der Waals surface area contributed by atoms with Gasteiger partial charge in [0.05, 0.1) is 11.9 Å². The van der Waals surface area contributed by atoms with Crippen molar-refractivity contribution < 1.29 is 14.4 Å². The van der Waals surface area contributed by atoms with E-state index in [1.165, 1.54) is 0 Å². The van der Waals surface area contributed by atoms with E-state index < -0.39 is 11.9 Å². The summed E-state index contributed by atoms with van der Waals surface area (Å²) in [5, 5.41) is 10.6. The minimum absolute atomic E-state index is 0.152. The van der Waals surface area contributed by atoms with Crippen LogP contribution in [0.3, 0.4) is 0 Å². The Labute approximate surface area is 200 Å². The van der Waals surface area contributed by atoms with Gasteiger partial charge >= 0.3 is 0 Å². The first kappa shape index (κ1) is 22.1. The number of amides is 3. The SMILES string of the molecule is O=C1CCC(N2Cc3cc(CN4CCN(c5cnnc(Cl)c5Cl)CC4)ccc3C2=O)C(=O)N1. The summed E-state index contributed by atoms with van der Waals surface area (Å²) < 4.78 is 0. The van der Waals surface area contributed by atoms with Crippen molar-refractivity contribution >= 4 is 46.6 Å². The summed E-state index contributed by atoms with van der Waals surface area (Å²) in [6.45, 7) is 4.40. The highest BCUT2D eigenvalue weighted by Crippen LogP contribution is 2.31. The van der Waals surface area contributed by atoms with E-state index in [-0.39, 0.29) is 23.4 Å². The molecule has 1 unspecified atom stereocenters. The number of piperazine rings is 1. The third kappa shape index (κ3) is 4.28. The molecule has 3 amide bonds. The maximum Gasteiger partial charge on any atom is 0.255 e. The van der Waals surface area contributed by atoms with E-state index in [2.05, 4.69) is 31.4 Å². The van der Waals surface area contributed by atoms with Crippen LogP contribution in [0, 0.1) is 0 Å². The Bertz CT molecular complexity index is 1140. The Morgan fingerprint density at radius 1 is 1.09 bits per heavy atom. The second-order valence-electron chi connectivity index (χ2n) is 8.49. The molecule has 1 N–H and O–H groups in total. The third-order valence-electron chi connectivity index (χ3n) is 6.44. The van der Waals surface area contributed by atoms with Crippen LogP contribution in [0.1, 0.15) is 34.3 Å². The molecule has 0 aliphatic carbocycles. The molecule has 1 aromatic carbocycles. The van der Waals surface area contributed by atoms with Crippen molar-refractivity contribution in [3.05, 3.63) is 51.3 Å². The lowest BCUT2D eigenvalue weighted by Crippen LogP contribution is -2.52. The quantitative estimate of drug-likeness (QED) is 0.655. The van der Waals surface area contributed by atoms with Gasteiger partial charge in [-0.2, -0.15) is 5.10 Å². The van der Waals surface area contributed by atoms with E-state index >= 15 is 0 Å². The summed E-state index contributed by atoms with van der Waals surface area (Å²) in [7, 11) is 0. The molecule has 3 aliphatic rings. The lowest BCUT2D eigenvalue weighted by Gasteiger charge is -2.36. The number of nitrogens with zero attached hydrogens (tertiary/aromatic N) is 5. The van der Waals surface area contributed by atoms with Crippen molar-refractivity contribution in [3.8, 4) is 0 Å². The Hall–Kier alpha value is -2.75. The van der Waals surface area contributed by atoms with Crippen molar-refractivity contribution in [1.82, 2.24) is 25.3 Å². The van der Waals surface area contributed by atoms with E-state index in [9.17, 15) is 14.4 Å². The summed E-state index contributed by atoms with van der Waals surface area (Å²) in [5.74, 6) is -0.828. The monoisotopic (exact) mass is 488 g/mol. The number of rotatable bonds is 4. The Morgan fingerprint density at radius 3 is 2.64 bits per heavy atom. The Morgan fingerprint density at radius 2 is 1.88 bits per heavy atom. The van der Waals surface area contributed by atoms with E-state index in [1.54, 1.807) is 11.1 Å². The third-order valence-corrected chi connectivity index (χ3v) is 7.17. The van der Waals surface area contributed by atoms with Gasteiger partial charge in [-0.15, -0.1) is 5.10 Å². The van der Waals surface area contributed by atoms with Gasteiger partial charge in [0.2, 0.25) is 11.8 Å². The zero-order valence-electron chi connectivity index (χ0n) is 17.8. The molecule has 0 bridgehead atoms. The lowest BCUT2D eigenvalue weighted by atomic mass is 10.0. The van der Waals surface area contributed by atoms with E-state index in [0.29, 0.717) is 23.6 Å². The summed E-state index contributed by atoms with van der Waals surface area (Å²) >= 11 is 12.3. The number of hydrogen-bond acceptors (Lipinski definition) is 7. The molecule has 5 rings (SSSR count). The molecule has 9 nitrogen and oxygen atoms in total. The number of hydrogen-bond donors (Lipinski definition) is 1. The predicted octanol–water partition coefficient (Wildman–Crippen LogP) is 1.87. The van der Waals surface area contributed by atoms with Gasteiger partial charge < -0.3 is 9.80 Å². The average Bonchev–Trinajstić information content (AvgIpc) is 3.12. The molecular weight excluding hydrogens is 467 g/mol. The molecule has 4 heterocycles. The van der Waals surface area contributed by atoms with Gasteiger partial charge in [-0.25, -0.2) is 0 Å². The topological polar surface area (TPSA) is 98.7 Å². The molecule has 2 aromatic rings. The summed E-state index contributed by atoms with van der Waals surface area (Å²) in [5.41, 5.74) is 3.46. The van der Waals surface area contributed by atoms with Gasteiger partial charge in [-0.1, -0.05) is 35.3 Å². The Balaban J connectivity index is 1.22. The molecule has 2 saturated heterocycles. The van der Waals surface area contributed by atoms with Crippen molar-refractivity contribution in [3.63, 3.8) is 0 Å². The number of piperidine rings is 1. The second kappa shape index (κ2) is 8.89. The average molecular weight is 489 g/mol. The molecule has 1 atom stereocenters. The first-order chi connectivity index (χ1) is 15.9. The zero-order valence-corrected chi connectivity index (χ0v) is 19.3. The minimum Gasteiger partial charge on any atom is -0.366 e. The Kier molecular flexibility index (Phi) is 5.94. The van der Waals surface area contributed by atoms with Crippen LogP contribution in [0.15, 0.2) is 24.4 Å². The lowest BCUT2D eigenvalue weighted by molar-refractivity contribution is -0.136. The van der Waals surface area contributed by atoms with Gasteiger partial charge in [-0.3, -0.25) is 24.6 Å². The van der Waals surface area contributed by atoms with E-state index in [0.717, 1.165) is 49.5 Å². The van der Waals surface area contributed by atoms with Crippen molar-refractivity contribution in [2.75, 3.05) is 31.1 Å². The van der Waals surface area contributed by atoms with Gasteiger partial charge in [0, 0.05) is 51.3 Å². The van der Waals surface area contributed by atoms with Crippen LogP contribution >= 0.6 is 23.2 Å². The van der Waals surface area contributed by atoms with E-state index in [4.69, 9.17) is 23.2 Å². The van der Waals surface area contributed by atoms with Crippen LogP contribution in [0.2, 0.25) is 10.2 Å². The number of halogens is 2. The first-order valence-electron chi connectivity index (χ1n) is 10.8. The fraction of sp³-hybridized carbons (Fsp3) is 0.409. The van der Waals surface area contributed by atoms with Crippen molar-refractivity contribution in [2.24, 2.45) is 0 Å². The molecule has 33 heavy (non-hydrogen) atoms. The highest BCUT2D eigenvalue weighted by Gasteiger charge is 2.39. The molecule has 11 heteroatoms. The van der Waals surface area contributed by atoms with Crippen LogP contribution in [0.5, 0.6) is 0 Å². The summed E-state index contributed by atoms with van der Waals surface area (Å²) in [4.78, 5) is 42.6. The predicted molar refractivity (Wildman–Crippen MR) is 122 cm³/mol. The number of fused-ring (bicyclic) bond motifs is 1. The van der Waals surface area contributed by atoms with Gasteiger partial charge in [0.15, 0.2) is 5.15 Å². The molecule has 172 valence electrons. The van der Waals surface area contributed by atoms with E-state index in [1.807, 2.05) is 12.1 Å². The normalized spacial score (nSPS) is 21.4. The van der Waals surface area contributed by atoms with Crippen LogP contribution in [0.25, 0.3) is 0 Å². The smallest absolute Gasteiger partial charge is 0.255 e. The van der Waals surface area contributed by atoms with Crippen LogP contribution in [-0.4, -0.2) is 69.9 Å². The summed E-state index contributed by atoms with van der Waals surface area (Å²) in [6.07, 6.45) is 2.25. The standard InChI is InChI=1S/C22H22Cl2N6O3/c23-19-17(10-25-27-20(19)24)29-7-5-28(6-8-29)11-13-1-2-15-14(9-13)12-30(22(15)33)16-3-4-18(31)26-21(16)32/h1-2,9-10,16H,3-8,11-12H2,(H,26,31,32). The van der Waals surface area contributed by atoms with Crippen LogP contribution < -0.4 is 10.2 Å². The number of imide groups is 1.